The molecule has 3 nitrogen and oxygen atoms in total. The average molecular weight is 357 g/mol. The molecule has 4 rings (SSSR count). The normalized spacial score (nSPS) is 11.3. The van der Waals surface area contributed by atoms with E-state index in [-0.39, 0.29) is 0 Å². The van der Waals surface area contributed by atoms with Gasteiger partial charge in [-0.25, -0.2) is 4.98 Å². The molecular formula is C19H14Cl2N2O. The summed E-state index contributed by atoms with van der Waals surface area (Å²) >= 11 is 12.5. The summed E-state index contributed by atoms with van der Waals surface area (Å²) in [5.41, 5.74) is 3.59. The van der Waals surface area contributed by atoms with Crippen LogP contribution in [0, 0.1) is 0 Å². The lowest BCUT2D eigenvalue weighted by Crippen LogP contribution is -1.91. The maximum atomic E-state index is 6.45. The Balaban J connectivity index is 1.93. The van der Waals surface area contributed by atoms with Crippen molar-refractivity contribution in [1.82, 2.24) is 9.97 Å². The van der Waals surface area contributed by atoms with Gasteiger partial charge in [-0.1, -0.05) is 23.2 Å². The largest absolute Gasteiger partial charge is 0.494 e. The summed E-state index contributed by atoms with van der Waals surface area (Å²) < 4.78 is 5.61. The summed E-state index contributed by atoms with van der Waals surface area (Å²) in [7, 11) is 0. The number of halogens is 2. The Morgan fingerprint density at radius 3 is 2.75 bits per heavy atom. The molecule has 0 amide bonds. The zero-order chi connectivity index (χ0) is 16.7. The van der Waals surface area contributed by atoms with E-state index in [2.05, 4.69) is 4.98 Å². The van der Waals surface area contributed by atoms with Gasteiger partial charge in [-0.15, -0.1) is 0 Å². The Hall–Kier alpha value is -2.23. The van der Waals surface area contributed by atoms with Gasteiger partial charge in [0.1, 0.15) is 5.75 Å². The number of rotatable bonds is 3. The molecule has 4 aromatic rings. The van der Waals surface area contributed by atoms with E-state index >= 15 is 0 Å². The third-order valence-electron chi connectivity index (χ3n) is 3.96. The fourth-order valence-electron chi connectivity index (χ4n) is 2.87. The number of ether oxygens (including phenoxy) is 1. The van der Waals surface area contributed by atoms with Crippen LogP contribution in [0.4, 0.5) is 0 Å². The fraction of sp³-hybridized carbons (Fsp3) is 0.105. The minimum Gasteiger partial charge on any atom is -0.494 e. The lowest BCUT2D eigenvalue weighted by molar-refractivity contribution is 0.341. The summed E-state index contributed by atoms with van der Waals surface area (Å²) in [5, 5.41) is 3.23. The number of aromatic nitrogens is 2. The number of nitrogens with one attached hydrogen (secondary N) is 1. The number of hydrogen-bond donors (Lipinski definition) is 1. The molecule has 0 radical (unpaired) electrons. The molecule has 24 heavy (non-hydrogen) atoms. The van der Waals surface area contributed by atoms with Crippen LogP contribution in [-0.4, -0.2) is 16.6 Å². The molecule has 0 aliphatic carbocycles. The van der Waals surface area contributed by atoms with Crippen LogP contribution in [0.15, 0.2) is 48.7 Å². The Kier molecular flexibility index (Phi) is 3.83. The topological polar surface area (TPSA) is 37.9 Å². The van der Waals surface area contributed by atoms with Gasteiger partial charge in [0.05, 0.1) is 22.8 Å². The quantitative estimate of drug-likeness (QED) is 0.482. The van der Waals surface area contributed by atoms with Crippen LogP contribution >= 0.6 is 23.2 Å². The molecule has 0 saturated carbocycles. The molecule has 120 valence electrons. The summed E-state index contributed by atoms with van der Waals surface area (Å²) in [4.78, 5) is 8.01. The molecule has 2 aromatic carbocycles. The highest BCUT2D eigenvalue weighted by atomic mass is 35.5. The van der Waals surface area contributed by atoms with Gasteiger partial charge in [0, 0.05) is 33.1 Å². The molecule has 0 atom stereocenters. The number of pyridine rings is 1. The van der Waals surface area contributed by atoms with E-state index < -0.39 is 0 Å². The molecule has 5 heteroatoms. The maximum absolute atomic E-state index is 6.45. The van der Waals surface area contributed by atoms with Crippen LogP contribution in [0.2, 0.25) is 10.0 Å². The molecule has 0 unspecified atom stereocenters. The van der Waals surface area contributed by atoms with Crippen molar-refractivity contribution in [3.05, 3.63) is 58.7 Å². The lowest BCUT2D eigenvalue weighted by Gasteiger charge is -2.06. The molecule has 0 aliphatic heterocycles. The van der Waals surface area contributed by atoms with Gasteiger partial charge < -0.3 is 9.72 Å². The van der Waals surface area contributed by atoms with E-state index in [0.717, 1.165) is 38.8 Å². The van der Waals surface area contributed by atoms with Crippen LogP contribution < -0.4 is 4.74 Å². The van der Waals surface area contributed by atoms with Crippen molar-refractivity contribution in [2.45, 2.75) is 6.92 Å². The average Bonchev–Trinajstić information content (AvgIpc) is 2.98. The van der Waals surface area contributed by atoms with Crippen molar-refractivity contribution >= 4 is 45.0 Å². The highest BCUT2D eigenvalue weighted by Gasteiger charge is 2.12. The summed E-state index contributed by atoms with van der Waals surface area (Å²) in [6.45, 7) is 2.60. The SMILES string of the molecule is CCOc1ccc2[nH]cc(-c3cc(Cl)c4ccc(Cl)cc4n3)c2c1. The molecule has 0 aliphatic rings. The van der Waals surface area contributed by atoms with Gasteiger partial charge >= 0.3 is 0 Å². The molecule has 2 aromatic heterocycles. The smallest absolute Gasteiger partial charge is 0.120 e. The molecule has 0 saturated heterocycles. The second kappa shape index (κ2) is 6.00. The van der Waals surface area contributed by atoms with E-state index in [9.17, 15) is 0 Å². The first-order valence-electron chi connectivity index (χ1n) is 7.66. The van der Waals surface area contributed by atoms with E-state index in [1.807, 2.05) is 55.6 Å². The predicted octanol–water partition coefficient (Wildman–Crippen LogP) is 6.09. The number of hydrogen-bond acceptors (Lipinski definition) is 2. The van der Waals surface area contributed by atoms with Crippen molar-refractivity contribution in [2.75, 3.05) is 6.61 Å². The van der Waals surface area contributed by atoms with Crippen molar-refractivity contribution in [3.63, 3.8) is 0 Å². The first-order valence-corrected chi connectivity index (χ1v) is 8.41. The molecule has 0 bridgehead atoms. The second-order valence-electron chi connectivity index (χ2n) is 5.49. The summed E-state index contributed by atoms with van der Waals surface area (Å²) in [6, 6.07) is 13.4. The molecule has 2 heterocycles. The minimum atomic E-state index is 0.629. The van der Waals surface area contributed by atoms with E-state index in [4.69, 9.17) is 32.9 Å². The van der Waals surface area contributed by atoms with Crippen LogP contribution in [0.25, 0.3) is 33.1 Å². The van der Waals surface area contributed by atoms with Gasteiger partial charge in [0.2, 0.25) is 0 Å². The van der Waals surface area contributed by atoms with Crippen molar-refractivity contribution in [2.24, 2.45) is 0 Å². The standard InChI is InChI=1S/C19H14Cl2N2O/c1-2-24-12-4-6-17-14(8-12)15(10-22-17)19-9-16(21)13-5-3-11(20)7-18(13)23-19/h3-10,22H,2H2,1H3. The summed E-state index contributed by atoms with van der Waals surface area (Å²) in [6.07, 6.45) is 1.94. The third-order valence-corrected chi connectivity index (χ3v) is 4.51. The molecule has 0 spiro atoms. The highest BCUT2D eigenvalue weighted by Crippen LogP contribution is 2.34. The van der Waals surface area contributed by atoms with Crippen LogP contribution in [0.3, 0.4) is 0 Å². The minimum absolute atomic E-state index is 0.629. The Morgan fingerprint density at radius 2 is 1.92 bits per heavy atom. The van der Waals surface area contributed by atoms with Gasteiger partial charge in [0.15, 0.2) is 0 Å². The van der Waals surface area contributed by atoms with E-state index in [1.54, 1.807) is 0 Å². The van der Waals surface area contributed by atoms with Crippen molar-refractivity contribution in [1.29, 1.82) is 0 Å². The Morgan fingerprint density at radius 1 is 1.04 bits per heavy atom. The first kappa shape index (κ1) is 15.3. The van der Waals surface area contributed by atoms with Crippen LogP contribution in [-0.2, 0) is 0 Å². The second-order valence-corrected chi connectivity index (χ2v) is 6.34. The highest BCUT2D eigenvalue weighted by molar-refractivity contribution is 6.36. The molecular weight excluding hydrogens is 343 g/mol. The Labute approximate surface area is 149 Å². The first-order chi connectivity index (χ1) is 11.7. The monoisotopic (exact) mass is 356 g/mol. The van der Waals surface area contributed by atoms with Gasteiger partial charge in [0.25, 0.3) is 0 Å². The van der Waals surface area contributed by atoms with Gasteiger partial charge in [-0.3, -0.25) is 0 Å². The zero-order valence-electron chi connectivity index (χ0n) is 12.9. The van der Waals surface area contributed by atoms with E-state index in [0.29, 0.717) is 16.7 Å². The van der Waals surface area contributed by atoms with Crippen LogP contribution in [0.5, 0.6) is 5.75 Å². The predicted molar refractivity (Wildman–Crippen MR) is 100 cm³/mol. The van der Waals surface area contributed by atoms with Crippen molar-refractivity contribution < 1.29 is 4.74 Å². The van der Waals surface area contributed by atoms with Gasteiger partial charge in [-0.2, -0.15) is 0 Å². The van der Waals surface area contributed by atoms with Gasteiger partial charge in [-0.05, 0) is 49.4 Å². The number of aromatic amines is 1. The van der Waals surface area contributed by atoms with Crippen LogP contribution in [0.1, 0.15) is 6.92 Å². The fourth-order valence-corrected chi connectivity index (χ4v) is 3.29. The van der Waals surface area contributed by atoms with Crippen molar-refractivity contribution in [3.8, 4) is 17.0 Å². The molecule has 1 N–H and O–H groups in total. The Bertz CT molecular complexity index is 1060. The zero-order valence-corrected chi connectivity index (χ0v) is 14.4. The van der Waals surface area contributed by atoms with E-state index in [1.165, 1.54) is 0 Å². The third kappa shape index (κ3) is 2.60. The number of nitrogens with zero attached hydrogens (tertiary/aromatic N) is 1. The number of H-pyrrole nitrogens is 1. The molecule has 0 fully saturated rings. The maximum Gasteiger partial charge on any atom is 0.120 e. The summed E-state index contributed by atoms with van der Waals surface area (Å²) in [5.74, 6) is 0.834. The number of fused-ring (bicyclic) bond motifs is 2. The lowest BCUT2D eigenvalue weighted by atomic mass is 10.1. The number of benzene rings is 2.